The first kappa shape index (κ1) is 22.4. The number of nitrogens with one attached hydrogen (secondary N) is 2. The van der Waals surface area contributed by atoms with Crippen molar-refractivity contribution < 1.29 is 9.90 Å². The van der Waals surface area contributed by atoms with Crippen LogP contribution in [0.15, 0.2) is 29.2 Å². The van der Waals surface area contributed by atoms with E-state index in [-0.39, 0.29) is 0 Å². The lowest BCUT2D eigenvalue weighted by atomic mass is 9.93. The van der Waals surface area contributed by atoms with Crippen LogP contribution in [0.5, 0.6) is 0 Å². The fourth-order valence-corrected chi connectivity index (χ4v) is 4.95. The number of amides is 1. The highest BCUT2D eigenvalue weighted by Gasteiger charge is 2.28. The molecule has 2 aromatic carbocycles. The molecule has 6 heteroatoms. The van der Waals surface area contributed by atoms with Crippen molar-refractivity contribution in [3.63, 3.8) is 0 Å². The van der Waals surface area contributed by atoms with Crippen LogP contribution in [0.3, 0.4) is 0 Å². The number of aliphatic hydroxyl groups is 1. The molecule has 0 fully saturated rings. The minimum atomic E-state index is -0.760. The molecule has 2 aromatic rings. The molecule has 158 valence electrons. The molecule has 0 unspecified atom stereocenters. The number of hydrogen-bond acceptors (Lipinski definition) is 5. The van der Waals surface area contributed by atoms with Gasteiger partial charge in [-0.15, -0.1) is 0 Å². The lowest BCUT2D eigenvalue weighted by Crippen LogP contribution is -2.15. The third-order valence-electron chi connectivity index (χ3n) is 5.72. The lowest BCUT2D eigenvalue weighted by molar-refractivity contribution is -0.105. The van der Waals surface area contributed by atoms with E-state index in [1.165, 1.54) is 22.3 Å². The Hall–Kier alpha value is -2.33. The van der Waals surface area contributed by atoms with Gasteiger partial charge in [-0.1, -0.05) is 12.1 Å². The minimum Gasteiger partial charge on any atom is -0.386 e. The van der Waals surface area contributed by atoms with E-state index in [4.69, 9.17) is 0 Å². The van der Waals surface area contributed by atoms with E-state index in [9.17, 15) is 15.2 Å². The van der Waals surface area contributed by atoms with Gasteiger partial charge in [0.05, 0.1) is 17.2 Å². The Morgan fingerprint density at radius 3 is 2.20 bits per heavy atom. The van der Waals surface area contributed by atoms with Crippen LogP contribution in [0.4, 0.5) is 5.69 Å². The number of anilines is 1. The summed E-state index contributed by atoms with van der Waals surface area (Å²) in [5.41, 5.74) is 6.91. The second kappa shape index (κ2) is 9.65. The van der Waals surface area contributed by atoms with E-state index in [2.05, 4.69) is 16.1 Å². The summed E-state index contributed by atoms with van der Waals surface area (Å²) in [4.78, 5) is 11.9. The van der Waals surface area contributed by atoms with Gasteiger partial charge >= 0.3 is 0 Å². The van der Waals surface area contributed by atoms with Gasteiger partial charge in [-0.25, -0.2) is 0 Å². The molecule has 0 saturated carbocycles. The monoisotopic (exact) mass is 423 g/mol. The van der Waals surface area contributed by atoms with Crippen molar-refractivity contribution >= 4 is 24.0 Å². The highest BCUT2D eigenvalue weighted by molar-refractivity contribution is 7.97. The summed E-state index contributed by atoms with van der Waals surface area (Å²) < 4.78 is 3.00. The maximum absolute atomic E-state index is 10.8. The van der Waals surface area contributed by atoms with E-state index in [0.29, 0.717) is 0 Å². The van der Waals surface area contributed by atoms with Crippen molar-refractivity contribution in [3.8, 4) is 6.07 Å². The number of nitriles is 1. The van der Waals surface area contributed by atoms with E-state index in [0.717, 1.165) is 66.6 Å². The lowest BCUT2D eigenvalue weighted by Gasteiger charge is -2.18. The number of nitrogens with zero attached hydrogens (tertiary/aromatic N) is 1. The number of fused-ring (bicyclic) bond motifs is 2. The van der Waals surface area contributed by atoms with Crippen LogP contribution < -0.4 is 10.0 Å². The zero-order valence-electron chi connectivity index (χ0n) is 17.8. The number of hydrogen-bond donors (Lipinski definition) is 3. The highest BCUT2D eigenvalue weighted by atomic mass is 32.2. The van der Waals surface area contributed by atoms with E-state index in [1.807, 2.05) is 31.3 Å². The normalized spacial score (nSPS) is 14.2. The number of carbonyl (C=O) groups is 1. The third-order valence-corrected chi connectivity index (χ3v) is 6.41. The van der Waals surface area contributed by atoms with Gasteiger partial charge in [-0.3, -0.25) is 9.52 Å². The Morgan fingerprint density at radius 2 is 1.70 bits per heavy atom. The molecule has 0 saturated heterocycles. The molecule has 0 aliphatic heterocycles. The fourth-order valence-electron chi connectivity index (χ4n) is 4.38. The molecule has 3 N–H and O–H groups in total. The molecule has 0 spiro atoms. The fraction of sp³-hybridized carbons (Fsp3) is 0.417. The quantitative estimate of drug-likeness (QED) is 0.495. The van der Waals surface area contributed by atoms with Crippen LogP contribution in [0.1, 0.15) is 60.1 Å². The van der Waals surface area contributed by atoms with Gasteiger partial charge in [0, 0.05) is 10.6 Å². The van der Waals surface area contributed by atoms with Crippen molar-refractivity contribution in [2.45, 2.75) is 62.9 Å². The SMILES string of the molecule is CNSc1cccc(C(C)(C)O)c1.N#Cc1c2c(c(NC=O)c3c1CCC3)CCC2. The Morgan fingerprint density at radius 1 is 1.10 bits per heavy atom. The zero-order valence-corrected chi connectivity index (χ0v) is 18.7. The summed E-state index contributed by atoms with van der Waals surface area (Å²) in [6, 6.07) is 10.3. The number of benzene rings is 2. The Balaban J connectivity index is 0.000000178. The zero-order chi connectivity index (χ0) is 21.7. The molecular formula is C24H29N3O2S. The molecular weight excluding hydrogens is 394 g/mol. The molecule has 0 radical (unpaired) electrons. The summed E-state index contributed by atoms with van der Waals surface area (Å²) in [6.07, 6.45) is 6.92. The van der Waals surface area contributed by atoms with Crippen LogP contribution in [-0.4, -0.2) is 18.6 Å². The molecule has 0 heterocycles. The largest absolute Gasteiger partial charge is 0.386 e. The summed E-state index contributed by atoms with van der Waals surface area (Å²) in [6.45, 7) is 3.58. The van der Waals surface area contributed by atoms with Gasteiger partial charge in [0.15, 0.2) is 0 Å². The molecule has 2 aliphatic rings. The maximum Gasteiger partial charge on any atom is 0.211 e. The van der Waals surface area contributed by atoms with Crippen LogP contribution in [0.25, 0.3) is 0 Å². The predicted molar refractivity (Wildman–Crippen MR) is 121 cm³/mol. The van der Waals surface area contributed by atoms with Crippen LogP contribution in [-0.2, 0) is 36.1 Å². The predicted octanol–water partition coefficient (Wildman–Crippen LogP) is 4.24. The molecule has 4 rings (SSSR count). The van der Waals surface area contributed by atoms with Crippen LogP contribution in [0.2, 0.25) is 0 Å². The first-order valence-corrected chi connectivity index (χ1v) is 11.2. The van der Waals surface area contributed by atoms with Gasteiger partial charge < -0.3 is 10.4 Å². The summed E-state index contributed by atoms with van der Waals surface area (Å²) in [7, 11) is 1.88. The van der Waals surface area contributed by atoms with Gasteiger partial charge in [0.2, 0.25) is 6.41 Å². The standard InChI is InChI=1S/C14H14N2O.C10H15NOS/c15-7-13-9-3-1-5-11(9)14(16-8-17)12-6-2-4-10(12)13;1-10(2,12)8-5-4-6-9(7-8)13-11-3/h8H,1-6H2,(H,16,17);4-7,11-12H,1-3H3. The minimum absolute atomic E-state index is 0.760. The van der Waals surface area contributed by atoms with Gasteiger partial charge in [0.25, 0.3) is 0 Å². The van der Waals surface area contributed by atoms with E-state index in [1.54, 1.807) is 25.8 Å². The topological polar surface area (TPSA) is 85.2 Å². The summed E-state index contributed by atoms with van der Waals surface area (Å²) in [5, 5.41) is 22.0. The van der Waals surface area contributed by atoms with Crippen molar-refractivity contribution in [3.05, 3.63) is 57.6 Å². The maximum atomic E-state index is 10.8. The highest BCUT2D eigenvalue weighted by Crippen LogP contribution is 2.41. The first-order valence-electron chi connectivity index (χ1n) is 10.4. The third kappa shape index (κ3) is 4.70. The average Bonchev–Trinajstić information content (AvgIpc) is 3.38. The second-order valence-electron chi connectivity index (χ2n) is 8.14. The van der Waals surface area contributed by atoms with Crippen molar-refractivity contribution in [1.29, 1.82) is 5.26 Å². The Kier molecular flexibility index (Phi) is 7.19. The average molecular weight is 424 g/mol. The van der Waals surface area contributed by atoms with Crippen LogP contribution in [0, 0.1) is 11.3 Å². The smallest absolute Gasteiger partial charge is 0.211 e. The van der Waals surface area contributed by atoms with Crippen molar-refractivity contribution in [1.82, 2.24) is 4.72 Å². The van der Waals surface area contributed by atoms with Crippen molar-refractivity contribution in [2.75, 3.05) is 12.4 Å². The van der Waals surface area contributed by atoms with Gasteiger partial charge in [-0.2, -0.15) is 5.26 Å². The molecule has 1 amide bonds. The van der Waals surface area contributed by atoms with Gasteiger partial charge in [-0.05, 0) is 111 Å². The molecule has 0 aromatic heterocycles. The van der Waals surface area contributed by atoms with Crippen LogP contribution >= 0.6 is 11.9 Å². The number of rotatable bonds is 5. The summed E-state index contributed by atoms with van der Waals surface area (Å²) >= 11 is 1.54. The molecule has 0 bridgehead atoms. The molecule has 5 nitrogen and oxygen atoms in total. The number of carbonyl (C=O) groups excluding carboxylic acids is 1. The Bertz CT molecular complexity index is 939. The first-order chi connectivity index (χ1) is 14.4. The molecule has 2 aliphatic carbocycles. The van der Waals surface area contributed by atoms with Crippen molar-refractivity contribution in [2.24, 2.45) is 0 Å². The van der Waals surface area contributed by atoms with Gasteiger partial charge in [0.1, 0.15) is 0 Å². The van der Waals surface area contributed by atoms with E-state index >= 15 is 0 Å². The Labute approximate surface area is 183 Å². The molecule has 30 heavy (non-hydrogen) atoms. The summed E-state index contributed by atoms with van der Waals surface area (Å²) in [5.74, 6) is 0. The molecule has 0 atom stereocenters. The second-order valence-corrected chi connectivity index (χ2v) is 9.22. The van der Waals surface area contributed by atoms with E-state index < -0.39 is 5.60 Å².